The fourth-order valence-corrected chi connectivity index (χ4v) is 3.54. The Morgan fingerprint density at radius 3 is 1.89 bits per heavy atom. The summed E-state index contributed by atoms with van der Waals surface area (Å²) in [5.41, 5.74) is 0. The molecule has 0 aromatic carbocycles. The van der Waals surface area contributed by atoms with Gasteiger partial charge in [-0.05, 0) is 13.3 Å². The van der Waals surface area contributed by atoms with E-state index in [2.05, 4.69) is 17.6 Å². The van der Waals surface area contributed by atoms with Crippen molar-refractivity contribution in [3.05, 3.63) is 0 Å². The topological polar surface area (TPSA) is 75.3 Å². The van der Waals surface area contributed by atoms with Gasteiger partial charge in [0.2, 0.25) is 16.9 Å². The summed E-state index contributed by atoms with van der Waals surface area (Å²) in [4.78, 5) is 34.6. The lowest BCUT2D eigenvalue weighted by Crippen LogP contribution is -2.37. The van der Waals surface area contributed by atoms with Crippen molar-refractivity contribution in [1.82, 2.24) is 10.6 Å². The highest BCUT2D eigenvalue weighted by atomic mass is 32.2. The Balaban J connectivity index is 3.51. The summed E-state index contributed by atoms with van der Waals surface area (Å²) in [7, 11) is 0. The molecule has 0 heterocycles. The molecule has 0 aliphatic rings. The fourth-order valence-electron chi connectivity index (χ4n) is 2.83. The average molecular weight is 401 g/mol. The highest BCUT2D eigenvalue weighted by Gasteiger charge is 2.15. The Morgan fingerprint density at radius 1 is 0.852 bits per heavy atom. The minimum Gasteiger partial charge on any atom is -0.356 e. The molecule has 27 heavy (non-hydrogen) atoms. The molecule has 0 radical (unpaired) electrons. The predicted molar refractivity (Wildman–Crippen MR) is 115 cm³/mol. The number of amides is 2. The van der Waals surface area contributed by atoms with E-state index in [1.807, 2.05) is 0 Å². The van der Waals surface area contributed by atoms with Crippen LogP contribution in [0.15, 0.2) is 0 Å². The van der Waals surface area contributed by atoms with Gasteiger partial charge in [0, 0.05) is 25.6 Å². The Kier molecular flexibility index (Phi) is 17.6. The van der Waals surface area contributed by atoms with Gasteiger partial charge >= 0.3 is 0 Å². The van der Waals surface area contributed by atoms with Gasteiger partial charge in [-0.3, -0.25) is 14.4 Å². The quantitative estimate of drug-likeness (QED) is 0.350. The fraction of sp³-hybridized carbons (Fsp3) is 0.857. The van der Waals surface area contributed by atoms with E-state index in [9.17, 15) is 14.4 Å². The van der Waals surface area contributed by atoms with Crippen molar-refractivity contribution >= 4 is 28.7 Å². The van der Waals surface area contributed by atoms with Crippen LogP contribution >= 0.6 is 11.8 Å². The molecule has 0 aliphatic heterocycles. The number of thioether (sulfide) groups is 1. The standard InChI is InChI=1S/C21H40N2O3S/c1-4-5-6-7-8-9-10-11-12-13-14-15-20(25)23-18(2)21(26)27-17-16-22-19(3)24/h18H,4-17H2,1-3H3,(H,22,24)(H,23,25)/t18-/m0/s1. The molecule has 158 valence electrons. The molecular formula is C21H40N2O3S. The normalized spacial score (nSPS) is 11.8. The maximum atomic E-state index is 11.9. The first-order valence-corrected chi connectivity index (χ1v) is 11.7. The van der Waals surface area contributed by atoms with E-state index in [1.165, 1.54) is 64.7 Å². The third-order valence-electron chi connectivity index (χ3n) is 4.46. The van der Waals surface area contributed by atoms with Gasteiger partial charge in [-0.2, -0.15) is 0 Å². The minimum atomic E-state index is -0.479. The summed E-state index contributed by atoms with van der Waals surface area (Å²) in [6.45, 7) is 5.87. The Morgan fingerprint density at radius 2 is 1.37 bits per heavy atom. The third kappa shape index (κ3) is 18.1. The molecule has 0 saturated heterocycles. The molecular weight excluding hydrogens is 360 g/mol. The first kappa shape index (κ1) is 26.0. The zero-order valence-corrected chi connectivity index (χ0v) is 18.4. The smallest absolute Gasteiger partial charge is 0.220 e. The number of hydrogen-bond donors (Lipinski definition) is 2. The largest absolute Gasteiger partial charge is 0.356 e. The van der Waals surface area contributed by atoms with Gasteiger partial charge in [0.1, 0.15) is 0 Å². The molecule has 2 N–H and O–H groups in total. The van der Waals surface area contributed by atoms with Crippen molar-refractivity contribution in [1.29, 1.82) is 0 Å². The van der Waals surface area contributed by atoms with Crippen LogP contribution in [0.3, 0.4) is 0 Å². The molecule has 5 nitrogen and oxygen atoms in total. The highest BCUT2D eigenvalue weighted by molar-refractivity contribution is 8.13. The van der Waals surface area contributed by atoms with Gasteiger partial charge in [-0.25, -0.2) is 0 Å². The summed E-state index contributed by atoms with van der Waals surface area (Å²) in [6.07, 6.45) is 14.3. The SMILES string of the molecule is CCCCCCCCCCCCCC(=O)N[C@@H](C)C(=O)SCCNC(C)=O. The lowest BCUT2D eigenvalue weighted by molar-refractivity contribution is -0.124. The van der Waals surface area contributed by atoms with E-state index in [0.29, 0.717) is 18.7 Å². The number of unbranched alkanes of at least 4 members (excludes halogenated alkanes) is 10. The van der Waals surface area contributed by atoms with Crippen molar-refractivity contribution in [3.63, 3.8) is 0 Å². The van der Waals surface area contributed by atoms with Crippen molar-refractivity contribution < 1.29 is 14.4 Å². The maximum absolute atomic E-state index is 11.9. The second-order valence-corrected chi connectivity index (χ2v) is 8.32. The van der Waals surface area contributed by atoms with Gasteiger partial charge in [-0.15, -0.1) is 0 Å². The van der Waals surface area contributed by atoms with Crippen LogP contribution < -0.4 is 10.6 Å². The molecule has 0 saturated carbocycles. The molecule has 0 bridgehead atoms. The zero-order valence-electron chi connectivity index (χ0n) is 17.6. The van der Waals surface area contributed by atoms with Crippen LogP contribution in [0.25, 0.3) is 0 Å². The minimum absolute atomic E-state index is 0.0470. The Bertz CT molecular complexity index is 416. The molecule has 6 heteroatoms. The van der Waals surface area contributed by atoms with Crippen LogP contribution in [0.2, 0.25) is 0 Å². The molecule has 0 aromatic heterocycles. The lowest BCUT2D eigenvalue weighted by atomic mass is 10.1. The van der Waals surface area contributed by atoms with Crippen LogP contribution in [0, 0.1) is 0 Å². The summed E-state index contributed by atoms with van der Waals surface area (Å²) in [6, 6.07) is -0.479. The first-order chi connectivity index (χ1) is 13.0. The summed E-state index contributed by atoms with van der Waals surface area (Å²) < 4.78 is 0. The van der Waals surface area contributed by atoms with E-state index >= 15 is 0 Å². The summed E-state index contributed by atoms with van der Waals surface area (Å²) in [5.74, 6) is 0.377. The van der Waals surface area contributed by atoms with Crippen molar-refractivity contribution in [2.75, 3.05) is 12.3 Å². The predicted octanol–water partition coefficient (Wildman–Crippen LogP) is 4.59. The second kappa shape index (κ2) is 18.3. The van der Waals surface area contributed by atoms with Crippen LogP contribution in [0.5, 0.6) is 0 Å². The van der Waals surface area contributed by atoms with Crippen LogP contribution in [0.1, 0.15) is 97.8 Å². The molecule has 0 rings (SSSR count). The number of rotatable bonds is 17. The van der Waals surface area contributed by atoms with Gasteiger partial charge < -0.3 is 10.6 Å². The van der Waals surface area contributed by atoms with Gasteiger partial charge in [0.25, 0.3) is 0 Å². The van der Waals surface area contributed by atoms with E-state index in [4.69, 9.17) is 0 Å². The van der Waals surface area contributed by atoms with E-state index in [1.54, 1.807) is 6.92 Å². The number of nitrogens with one attached hydrogen (secondary N) is 2. The lowest BCUT2D eigenvalue weighted by Gasteiger charge is -2.12. The highest BCUT2D eigenvalue weighted by Crippen LogP contribution is 2.12. The Hall–Kier alpha value is -1.04. The van der Waals surface area contributed by atoms with E-state index < -0.39 is 6.04 Å². The summed E-state index contributed by atoms with van der Waals surface area (Å²) in [5, 5.41) is 5.35. The van der Waals surface area contributed by atoms with Crippen LogP contribution in [-0.2, 0) is 14.4 Å². The van der Waals surface area contributed by atoms with Crippen LogP contribution in [-0.4, -0.2) is 35.3 Å². The first-order valence-electron chi connectivity index (χ1n) is 10.7. The average Bonchev–Trinajstić information content (AvgIpc) is 2.62. The molecule has 0 spiro atoms. The second-order valence-electron chi connectivity index (χ2n) is 7.23. The van der Waals surface area contributed by atoms with Gasteiger partial charge in [-0.1, -0.05) is 82.9 Å². The molecule has 0 unspecified atom stereocenters. The Labute approximate surface area is 170 Å². The molecule has 1 atom stereocenters. The maximum Gasteiger partial charge on any atom is 0.220 e. The number of carbonyl (C=O) groups excluding carboxylic acids is 3. The van der Waals surface area contributed by atoms with Crippen LogP contribution in [0.4, 0.5) is 0 Å². The van der Waals surface area contributed by atoms with Crippen molar-refractivity contribution in [3.8, 4) is 0 Å². The van der Waals surface area contributed by atoms with E-state index in [0.717, 1.165) is 24.6 Å². The van der Waals surface area contributed by atoms with Gasteiger partial charge in [0.15, 0.2) is 0 Å². The third-order valence-corrected chi connectivity index (χ3v) is 5.51. The summed E-state index contributed by atoms with van der Waals surface area (Å²) >= 11 is 1.15. The number of hydrogen-bond acceptors (Lipinski definition) is 4. The van der Waals surface area contributed by atoms with Crippen molar-refractivity contribution in [2.45, 2.75) is 104 Å². The zero-order chi connectivity index (χ0) is 20.3. The van der Waals surface area contributed by atoms with Crippen molar-refractivity contribution in [2.24, 2.45) is 0 Å². The molecule has 2 amide bonds. The van der Waals surface area contributed by atoms with E-state index in [-0.39, 0.29) is 16.9 Å². The molecule has 0 aliphatic carbocycles. The van der Waals surface area contributed by atoms with Gasteiger partial charge in [0.05, 0.1) is 6.04 Å². The number of carbonyl (C=O) groups is 3. The monoisotopic (exact) mass is 400 g/mol. The molecule has 0 fully saturated rings. The molecule has 0 aromatic rings.